The number of ether oxygens (including phenoxy) is 1. The van der Waals surface area contributed by atoms with Crippen LogP contribution in [0.5, 0.6) is 5.75 Å². The molecule has 1 N–H and O–H groups in total. The van der Waals surface area contributed by atoms with Crippen molar-refractivity contribution in [3.05, 3.63) is 69.3 Å². The van der Waals surface area contributed by atoms with E-state index in [-0.39, 0.29) is 17.0 Å². The van der Waals surface area contributed by atoms with Gasteiger partial charge in [-0.3, -0.25) is 9.89 Å². The standard InChI is InChI=1S/C23H19FN6O2/c1-29-6-5-14-3-4-15(9-16(14)12-29)21-22-18(26-27-21)10-20(31)30(28-22)23-17(24)7-13(11-25)8-19(23)32-2/h3-4,7-10,26H,5-6,12H2,1-2H3. The van der Waals surface area contributed by atoms with Crippen LogP contribution < -0.4 is 10.3 Å². The van der Waals surface area contributed by atoms with Gasteiger partial charge in [-0.25, -0.2) is 4.39 Å². The van der Waals surface area contributed by atoms with E-state index in [1.807, 2.05) is 12.1 Å². The first-order chi connectivity index (χ1) is 15.5. The maximum absolute atomic E-state index is 14.9. The van der Waals surface area contributed by atoms with Crippen LogP contribution in [0, 0.1) is 17.1 Å². The van der Waals surface area contributed by atoms with E-state index in [1.54, 1.807) is 0 Å². The Hall–Kier alpha value is -4.03. The minimum absolute atomic E-state index is 0.0392. The zero-order valence-electron chi connectivity index (χ0n) is 17.5. The summed E-state index contributed by atoms with van der Waals surface area (Å²) in [7, 11) is 3.43. The van der Waals surface area contributed by atoms with Crippen LogP contribution in [0.2, 0.25) is 0 Å². The van der Waals surface area contributed by atoms with E-state index in [9.17, 15) is 9.18 Å². The third-order valence-corrected chi connectivity index (χ3v) is 5.72. The highest BCUT2D eigenvalue weighted by atomic mass is 19.1. The molecular weight excluding hydrogens is 411 g/mol. The van der Waals surface area contributed by atoms with Gasteiger partial charge in [0.2, 0.25) is 0 Å². The summed E-state index contributed by atoms with van der Waals surface area (Å²) >= 11 is 0. The number of halogens is 1. The molecule has 160 valence electrons. The van der Waals surface area contributed by atoms with E-state index in [1.165, 1.54) is 30.4 Å². The number of aromatic amines is 1. The molecule has 0 spiro atoms. The summed E-state index contributed by atoms with van der Waals surface area (Å²) in [4.78, 5) is 15.0. The van der Waals surface area contributed by atoms with Gasteiger partial charge in [-0.2, -0.15) is 20.1 Å². The summed E-state index contributed by atoms with van der Waals surface area (Å²) in [5.74, 6) is -0.742. The highest BCUT2D eigenvalue weighted by molar-refractivity contribution is 5.89. The molecule has 9 heteroatoms. The molecule has 4 aromatic rings. The minimum Gasteiger partial charge on any atom is -0.494 e. The second-order valence-electron chi connectivity index (χ2n) is 7.82. The highest BCUT2D eigenvalue weighted by Gasteiger charge is 2.20. The summed E-state index contributed by atoms with van der Waals surface area (Å²) in [6.07, 6.45) is 0.989. The van der Waals surface area contributed by atoms with Crippen molar-refractivity contribution in [1.29, 1.82) is 5.26 Å². The molecule has 0 saturated heterocycles. The number of nitrogens with zero attached hydrogens (tertiary/aromatic N) is 5. The first-order valence-electron chi connectivity index (χ1n) is 10.1. The van der Waals surface area contributed by atoms with Crippen LogP contribution in [-0.2, 0) is 13.0 Å². The van der Waals surface area contributed by atoms with Gasteiger partial charge in [0.25, 0.3) is 5.56 Å². The Bertz CT molecular complexity index is 1470. The SMILES string of the molecule is COc1cc(C#N)cc(F)c1-n1nc2c(-c3ccc4c(c3)CN(C)CC4)n[nH]c2cc1=O. The number of H-pyrrole nitrogens is 1. The molecule has 0 saturated carbocycles. The van der Waals surface area contributed by atoms with Crippen LogP contribution in [0.1, 0.15) is 16.7 Å². The van der Waals surface area contributed by atoms with E-state index in [4.69, 9.17) is 10.00 Å². The predicted octanol–water partition coefficient (Wildman–Crippen LogP) is 2.78. The quantitative estimate of drug-likeness (QED) is 0.537. The molecule has 2 aromatic carbocycles. The van der Waals surface area contributed by atoms with Crippen LogP contribution in [-0.4, -0.2) is 45.6 Å². The molecule has 0 amide bonds. The summed E-state index contributed by atoms with van der Waals surface area (Å²) in [6, 6.07) is 11.8. The Morgan fingerprint density at radius 2 is 2.06 bits per heavy atom. The van der Waals surface area contributed by atoms with E-state index >= 15 is 0 Å². The number of rotatable bonds is 3. The van der Waals surface area contributed by atoms with Crippen molar-refractivity contribution in [3.8, 4) is 28.8 Å². The lowest BCUT2D eigenvalue weighted by Crippen LogP contribution is -2.26. The lowest BCUT2D eigenvalue weighted by molar-refractivity contribution is 0.313. The van der Waals surface area contributed by atoms with Crippen molar-refractivity contribution < 1.29 is 9.13 Å². The maximum Gasteiger partial charge on any atom is 0.273 e. The molecule has 32 heavy (non-hydrogen) atoms. The van der Waals surface area contributed by atoms with Gasteiger partial charge in [-0.1, -0.05) is 12.1 Å². The number of hydrogen-bond donors (Lipinski definition) is 1. The summed E-state index contributed by atoms with van der Waals surface area (Å²) in [5.41, 5.74) is 4.21. The summed E-state index contributed by atoms with van der Waals surface area (Å²) < 4.78 is 21.1. The van der Waals surface area contributed by atoms with Crippen molar-refractivity contribution >= 4 is 11.0 Å². The molecule has 0 radical (unpaired) electrons. The monoisotopic (exact) mass is 430 g/mol. The average molecular weight is 430 g/mol. The zero-order valence-corrected chi connectivity index (χ0v) is 17.5. The number of fused-ring (bicyclic) bond motifs is 2. The molecule has 3 heterocycles. The van der Waals surface area contributed by atoms with Crippen molar-refractivity contribution in [2.45, 2.75) is 13.0 Å². The number of likely N-dealkylation sites (N-methyl/N-ethyl adjacent to an activating group) is 1. The largest absolute Gasteiger partial charge is 0.494 e. The first-order valence-corrected chi connectivity index (χ1v) is 10.1. The van der Waals surface area contributed by atoms with Gasteiger partial charge < -0.3 is 9.64 Å². The van der Waals surface area contributed by atoms with Gasteiger partial charge in [0.15, 0.2) is 5.82 Å². The van der Waals surface area contributed by atoms with Crippen molar-refractivity contribution in [3.63, 3.8) is 0 Å². The number of benzene rings is 2. The van der Waals surface area contributed by atoms with Crippen molar-refractivity contribution in [2.75, 3.05) is 20.7 Å². The van der Waals surface area contributed by atoms with Gasteiger partial charge in [0.1, 0.15) is 22.6 Å². The number of methoxy groups -OCH3 is 1. The van der Waals surface area contributed by atoms with Gasteiger partial charge >= 0.3 is 0 Å². The molecule has 0 bridgehead atoms. The molecule has 5 rings (SSSR count). The van der Waals surface area contributed by atoms with Crippen molar-refractivity contribution in [2.24, 2.45) is 0 Å². The van der Waals surface area contributed by atoms with Gasteiger partial charge in [-0.05, 0) is 36.7 Å². The Labute approximate surface area is 182 Å². The molecule has 2 aromatic heterocycles. The van der Waals surface area contributed by atoms with E-state index in [0.717, 1.165) is 35.8 Å². The average Bonchev–Trinajstić information content (AvgIpc) is 3.20. The Morgan fingerprint density at radius 3 is 2.84 bits per heavy atom. The van der Waals surface area contributed by atoms with Crippen LogP contribution in [0.4, 0.5) is 4.39 Å². The predicted molar refractivity (Wildman–Crippen MR) is 116 cm³/mol. The molecule has 8 nitrogen and oxygen atoms in total. The van der Waals surface area contributed by atoms with Crippen LogP contribution in [0.15, 0.2) is 41.2 Å². The zero-order chi connectivity index (χ0) is 22.4. The van der Waals surface area contributed by atoms with Crippen LogP contribution in [0.3, 0.4) is 0 Å². The topological polar surface area (TPSA) is 99.8 Å². The van der Waals surface area contributed by atoms with Crippen molar-refractivity contribution in [1.82, 2.24) is 24.9 Å². The molecule has 0 fully saturated rings. The molecule has 1 aliphatic heterocycles. The highest BCUT2D eigenvalue weighted by Crippen LogP contribution is 2.30. The lowest BCUT2D eigenvalue weighted by Gasteiger charge is -2.25. The third kappa shape index (κ3) is 3.21. The van der Waals surface area contributed by atoms with Gasteiger partial charge in [0, 0.05) is 30.8 Å². The first kappa shape index (κ1) is 19.9. The Kier molecular flexibility index (Phi) is 4.72. The minimum atomic E-state index is -0.781. The molecule has 0 unspecified atom stereocenters. The van der Waals surface area contributed by atoms with E-state index in [0.29, 0.717) is 16.7 Å². The number of nitrogens with one attached hydrogen (secondary N) is 1. The fraction of sp³-hybridized carbons (Fsp3) is 0.217. The smallest absolute Gasteiger partial charge is 0.273 e. The van der Waals surface area contributed by atoms with E-state index in [2.05, 4.69) is 39.4 Å². The Balaban J connectivity index is 1.69. The third-order valence-electron chi connectivity index (χ3n) is 5.72. The maximum atomic E-state index is 14.9. The number of aromatic nitrogens is 4. The fourth-order valence-electron chi connectivity index (χ4n) is 4.09. The van der Waals surface area contributed by atoms with Gasteiger partial charge in [-0.15, -0.1) is 0 Å². The molecular formula is C23H19FN6O2. The fourth-order valence-corrected chi connectivity index (χ4v) is 4.09. The summed E-state index contributed by atoms with van der Waals surface area (Å²) in [5, 5.41) is 20.8. The normalized spacial score (nSPS) is 13.7. The second kappa shape index (κ2) is 7.59. The Morgan fingerprint density at radius 1 is 1.22 bits per heavy atom. The van der Waals surface area contributed by atoms with Gasteiger partial charge in [0.05, 0.1) is 24.3 Å². The molecule has 0 atom stereocenters. The van der Waals surface area contributed by atoms with E-state index < -0.39 is 11.4 Å². The second-order valence-corrected chi connectivity index (χ2v) is 7.82. The summed E-state index contributed by atoms with van der Waals surface area (Å²) in [6.45, 7) is 1.86. The van der Waals surface area contributed by atoms with Crippen LogP contribution in [0.25, 0.3) is 28.0 Å². The molecule has 1 aliphatic rings. The number of nitriles is 1. The molecule has 0 aliphatic carbocycles. The van der Waals surface area contributed by atoms with Crippen LogP contribution >= 0.6 is 0 Å². The lowest BCUT2D eigenvalue weighted by atomic mass is 9.96. The number of hydrogen-bond acceptors (Lipinski definition) is 6.